The Morgan fingerprint density at radius 3 is 2.17 bits per heavy atom. The van der Waals surface area contributed by atoms with Crippen molar-refractivity contribution in [2.45, 2.75) is 70.8 Å². The molecule has 1 saturated heterocycles. The monoisotopic (exact) mass is 489 g/mol. The Morgan fingerprint density at radius 2 is 1.58 bits per heavy atom. The summed E-state index contributed by atoms with van der Waals surface area (Å²) in [5.74, 6) is 0.146. The van der Waals surface area contributed by atoms with Crippen LogP contribution in [0.2, 0.25) is 0 Å². The summed E-state index contributed by atoms with van der Waals surface area (Å²) < 4.78 is 0. The fourth-order valence-corrected chi connectivity index (χ4v) is 4.03. The predicted octanol–water partition coefficient (Wildman–Crippen LogP) is 6.68. The second kappa shape index (κ2) is 18.1. The molecule has 1 aromatic rings. The van der Waals surface area contributed by atoms with E-state index in [4.69, 9.17) is 0 Å². The third-order valence-corrected chi connectivity index (χ3v) is 6.22. The van der Waals surface area contributed by atoms with Gasteiger partial charge in [0.05, 0.1) is 11.6 Å². The Bertz CT molecular complexity index is 915. The molecule has 5 heteroatoms. The second-order valence-electron chi connectivity index (χ2n) is 9.04. The number of hydrogen-bond acceptors (Lipinski definition) is 3. The maximum absolute atomic E-state index is 12.6. The van der Waals surface area contributed by atoms with Crippen LogP contribution in [0.4, 0.5) is 0 Å². The molecule has 0 saturated carbocycles. The maximum atomic E-state index is 12.6. The van der Waals surface area contributed by atoms with Crippen LogP contribution in [0.25, 0.3) is 0 Å². The normalized spacial score (nSPS) is 16.5. The van der Waals surface area contributed by atoms with Gasteiger partial charge in [-0.3, -0.25) is 14.6 Å². The Morgan fingerprint density at radius 1 is 0.972 bits per heavy atom. The number of allylic oxidation sites excluding steroid dienone is 10. The van der Waals surface area contributed by atoms with E-state index in [0.29, 0.717) is 25.1 Å². The average Bonchev–Trinajstić information content (AvgIpc) is 3.40. The lowest BCUT2D eigenvalue weighted by Gasteiger charge is -2.25. The first kappa shape index (κ1) is 29.0. The number of amides is 2. The number of likely N-dealkylation sites (tertiary alicyclic amines) is 1. The first-order chi connectivity index (χ1) is 17.6. The lowest BCUT2D eigenvalue weighted by molar-refractivity contribution is -0.131. The van der Waals surface area contributed by atoms with Crippen LogP contribution in [0.15, 0.2) is 85.3 Å². The summed E-state index contributed by atoms with van der Waals surface area (Å²) in [6.45, 7) is 3.41. The van der Waals surface area contributed by atoms with Crippen LogP contribution in [-0.2, 0) is 4.79 Å². The number of pyridine rings is 1. The molecule has 0 bridgehead atoms. The number of aromatic nitrogens is 1. The van der Waals surface area contributed by atoms with Gasteiger partial charge in [-0.2, -0.15) is 0 Å². The van der Waals surface area contributed by atoms with Crippen LogP contribution in [0.5, 0.6) is 0 Å². The van der Waals surface area contributed by atoms with Crippen molar-refractivity contribution in [2.24, 2.45) is 0 Å². The Hall–Kier alpha value is -3.21. The summed E-state index contributed by atoms with van der Waals surface area (Å²) in [7, 11) is 1.86. The van der Waals surface area contributed by atoms with Gasteiger partial charge in [0.2, 0.25) is 5.91 Å². The van der Waals surface area contributed by atoms with Crippen LogP contribution in [0, 0.1) is 0 Å². The zero-order valence-corrected chi connectivity index (χ0v) is 22.1. The van der Waals surface area contributed by atoms with Crippen molar-refractivity contribution in [1.29, 1.82) is 0 Å². The van der Waals surface area contributed by atoms with E-state index >= 15 is 0 Å². The molecule has 0 unspecified atom stereocenters. The zero-order chi connectivity index (χ0) is 25.8. The third-order valence-electron chi connectivity index (χ3n) is 6.22. The maximum Gasteiger partial charge on any atom is 0.255 e. The molecule has 0 spiro atoms. The number of likely N-dealkylation sites (N-methyl/N-ethyl adjacent to an activating group) is 1. The van der Waals surface area contributed by atoms with Crippen molar-refractivity contribution in [1.82, 2.24) is 14.8 Å². The van der Waals surface area contributed by atoms with Gasteiger partial charge in [-0.15, -0.1) is 0 Å². The van der Waals surface area contributed by atoms with E-state index < -0.39 is 0 Å². The minimum absolute atomic E-state index is 0.00941. The molecule has 2 heterocycles. The first-order valence-corrected chi connectivity index (χ1v) is 13.3. The van der Waals surface area contributed by atoms with E-state index in [-0.39, 0.29) is 17.9 Å². The molecule has 0 aliphatic carbocycles. The van der Waals surface area contributed by atoms with Gasteiger partial charge in [0.15, 0.2) is 0 Å². The minimum Gasteiger partial charge on any atom is -0.341 e. The highest BCUT2D eigenvalue weighted by molar-refractivity contribution is 5.94. The fraction of sp³-hybridized carbons (Fsp3) is 0.452. The van der Waals surface area contributed by atoms with Crippen LogP contribution in [-0.4, -0.2) is 52.8 Å². The number of hydrogen-bond donors (Lipinski definition) is 0. The van der Waals surface area contributed by atoms with Gasteiger partial charge in [0.25, 0.3) is 5.91 Å². The molecule has 1 fully saturated rings. The SMILES string of the molecule is CC/C=C\C/C=C\C/C=C\C/C=C\C/C=C\CCCC(=O)N(C)[C@H]1CCN(C(=O)c2cccnc2)C1. The Labute approximate surface area is 218 Å². The topological polar surface area (TPSA) is 53.5 Å². The zero-order valence-electron chi connectivity index (χ0n) is 22.1. The van der Waals surface area contributed by atoms with Crippen LogP contribution in [0.1, 0.15) is 75.1 Å². The van der Waals surface area contributed by atoms with Gasteiger partial charge in [0.1, 0.15) is 0 Å². The molecule has 1 aliphatic rings. The van der Waals surface area contributed by atoms with Crippen molar-refractivity contribution in [3.63, 3.8) is 0 Å². The molecule has 1 aromatic heterocycles. The summed E-state index contributed by atoms with van der Waals surface area (Å²) in [4.78, 5) is 32.9. The lowest BCUT2D eigenvalue weighted by atomic mass is 10.1. The molecule has 1 aliphatic heterocycles. The van der Waals surface area contributed by atoms with E-state index in [1.54, 1.807) is 24.5 Å². The third kappa shape index (κ3) is 11.5. The second-order valence-corrected chi connectivity index (χ2v) is 9.04. The van der Waals surface area contributed by atoms with Gasteiger partial charge in [-0.05, 0) is 63.5 Å². The van der Waals surface area contributed by atoms with Crippen LogP contribution >= 0.6 is 0 Å². The van der Waals surface area contributed by atoms with Crippen LogP contribution < -0.4 is 0 Å². The largest absolute Gasteiger partial charge is 0.341 e. The van der Waals surface area contributed by atoms with Crippen molar-refractivity contribution >= 4 is 11.8 Å². The molecule has 5 nitrogen and oxygen atoms in total. The molecule has 1 atom stereocenters. The highest BCUT2D eigenvalue weighted by Gasteiger charge is 2.31. The van der Waals surface area contributed by atoms with Gasteiger partial charge < -0.3 is 9.80 Å². The number of rotatable bonds is 15. The smallest absolute Gasteiger partial charge is 0.255 e. The summed E-state index contributed by atoms with van der Waals surface area (Å²) in [5, 5.41) is 0. The Kier molecular flexibility index (Phi) is 14.6. The van der Waals surface area contributed by atoms with Gasteiger partial charge in [-0.25, -0.2) is 0 Å². The van der Waals surface area contributed by atoms with Gasteiger partial charge >= 0.3 is 0 Å². The Balaban J connectivity index is 1.53. The minimum atomic E-state index is -0.00941. The predicted molar refractivity (Wildman–Crippen MR) is 150 cm³/mol. The molecule has 0 radical (unpaired) electrons. The van der Waals surface area contributed by atoms with Crippen LogP contribution in [0.3, 0.4) is 0 Å². The molecular weight excluding hydrogens is 446 g/mol. The van der Waals surface area contributed by atoms with Crippen molar-refractivity contribution < 1.29 is 9.59 Å². The summed E-state index contributed by atoms with van der Waals surface area (Å²) in [5.41, 5.74) is 0.601. The van der Waals surface area contributed by atoms with Crippen molar-refractivity contribution in [2.75, 3.05) is 20.1 Å². The summed E-state index contributed by atoms with van der Waals surface area (Å²) in [6.07, 6.45) is 33.3. The van der Waals surface area contributed by atoms with E-state index in [0.717, 1.165) is 51.4 Å². The molecule has 194 valence electrons. The van der Waals surface area contributed by atoms with E-state index in [1.165, 1.54) is 0 Å². The lowest BCUT2D eigenvalue weighted by Crippen LogP contribution is -2.40. The number of unbranched alkanes of at least 4 members (excludes halogenated alkanes) is 1. The number of carbonyl (C=O) groups excluding carboxylic acids is 2. The first-order valence-electron chi connectivity index (χ1n) is 13.3. The van der Waals surface area contributed by atoms with Crippen molar-refractivity contribution in [3.05, 3.63) is 90.9 Å². The number of nitrogens with zero attached hydrogens (tertiary/aromatic N) is 3. The van der Waals surface area contributed by atoms with E-state index in [1.807, 2.05) is 16.8 Å². The molecule has 2 rings (SSSR count). The average molecular weight is 490 g/mol. The summed E-state index contributed by atoms with van der Waals surface area (Å²) >= 11 is 0. The molecule has 2 amide bonds. The molecule has 36 heavy (non-hydrogen) atoms. The molecule has 0 aromatic carbocycles. The van der Waals surface area contributed by atoms with Gasteiger partial charge in [0, 0.05) is 39.0 Å². The quantitative estimate of drug-likeness (QED) is 0.204. The van der Waals surface area contributed by atoms with E-state index in [2.05, 4.69) is 72.7 Å². The van der Waals surface area contributed by atoms with E-state index in [9.17, 15) is 9.59 Å². The van der Waals surface area contributed by atoms with Gasteiger partial charge in [-0.1, -0.05) is 67.7 Å². The van der Waals surface area contributed by atoms with Crippen molar-refractivity contribution in [3.8, 4) is 0 Å². The standard InChI is InChI=1S/C31H43N3O2/c1-3-4-5-6-7-8-9-10-11-12-13-14-15-16-17-18-19-22-30(35)33(2)29-23-25-34(27-29)31(36)28-21-20-24-32-26-28/h4-5,7-8,10-11,13-14,16-17,20-21,24,26,29H,3,6,9,12,15,18-19,22-23,25,27H2,1-2H3/b5-4-,8-7-,11-10-,14-13-,17-16-/t29-/m0/s1. The number of carbonyl (C=O) groups is 2. The summed E-state index contributed by atoms with van der Waals surface area (Å²) in [6, 6.07) is 3.64. The molecule has 0 N–H and O–H groups in total. The molecular formula is C31H43N3O2. The highest BCUT2D eigenvalue weighted by atomic mass is 16.2. The fourth-order valence-electron chi connectivity index (χ4n) is 4.03. The highest BCUT2D eigenvalue weighted by Crippen LogP contribution is 2.18.